The number of Topliss-reactive ketones (excluding diaryl/α,β-unsaturated/α-hetero) is 1. The first-order valence-corrected chi connectivity index (χ1v) is 17.7. The molecule has 280 valence electrons. The number of nitrogens with zero attached hydrogens (tertiary/aromatic N) is 1. The van der Waals surface area contributed by atoms with Crippen molar-refractivity contribution in [1.29, 1.82) is 0 Å². The minimum atomic E-state index is -1.29. The highest BCUT2D eigenvalue weighted by Crippen LogP contribution is 2.65. The lowest BCUT2D eigenvalue weighted by Gasteiger charge is -2.38. The summed E-state index contributed by atoms with van der Waals surface area (Å²) in [5.74, 6) is -3.71. The van der Waals surface area contributed by atoms with Gasteiger partial charge in [0.05, 0.1) is 12.6 Å². The number of amides is 5. The second-order valence-electron chi connectivity index (χ2n) is 16.3. The Morgan fingerprint density at radius 2 is 1.44 bits per heavy atom. The van der Waals surface area contributed by atoms with Gasteiger partial charge in [0, 0.05) is 6.54 Å². The summed E-state index contributed by atoms with van der Waals surface area (Å²) in [5, 5.41) is 10.7. The van der Waals surface area contributed by atoms with Crippen molar-refractivity contribution >= 4 is 35.5 Å². The Balaban J connectivity index is 1.45. The Morgan fingerprint density at radius 1 is 0.885 bits per heavy atom. The summed E-state index contributed by atoms with van der Waals surface area (Å²) in [6, 6.07) is 15.0. The predicted octanol–water partition coefficient (Wildman–Crippen LogP) is 4.06. The van der Waals surface area contributed by atoms with Crippen LogP contribution in [0.5, 0.6) is 0 Å². The van der Waals surface area contributed by atoms with E-state index in [4.69, 9.17) is 4.74 Å². The number of carbonyl (C=O) groups is 6. The van der Waals surface area contributed by atoms with Crippen molar-refractivity contribution in [2.24, 2.45) is 22.7 Å². The summed E-state index contributed by atoms with van der Waals surface area (Å²) in [4.78, 5) is 82.0. The third-order valence-electron chi connectivity index (χ3n) is 9.77. The van der Waals surface area contributed by atoms with Crippen molar-refractivity contribution in [2.75, 3.05) is 13.1 Å². The molecule has 0 bridgehead atoms. The Bertz CT molecular complexity index is 1620. The van der Waals surface area contributed by atoms with Crippen molar-refractivity contribution in [3.05, 3.63) is 84.4 Å². The van der Waals surface area contributed by atoms with Crippen molar-refractivity contribution in [1.82, 2.24) is 26.2 Å². The molecular formula is C40H53N5O7. The van der Waals surface area contributed by atoms with E-state index in [1.54, 1.807) is 20.8 Å². The zero-order chi connectivity index (χ0) is 38.6. The lowest BCUT2D eigenvalue weighted by Crippen LogP contribution is -2.60. The third-order valence-corrected chi connectivity index (χ3v) is 9.77. The quantitative estimate of drug-likeness (QED) is 0.180. The maximum Gasteiger partial charge on any atom is 0.408 e. The molecule has 1 aliphatic heterocycles. The summed E-state index contributed by atoms with van der Waals surface area (Å²) in [6.07, 6.45) is 0.602. The van der Waals surface area contributed by atoms with Gasteiger partial charge < -0.3 is 30.9 Å². The van der Waals surface area contributed by atoms with Crippen molar-refractivity contribution in [2.45, 2.75) is 91.6 Å². The van der Waals surface area contributed by atoms with E-state index in [9.17, 15) is 28.8 Å². The molecule has 5 atom stereocenters. The number of hydrogen-bond acceptors (Lipinski definition) is 7. The third kappa shape index (κ3) is 9.45. The molecule has 2 aromatic carbocycles. The van der Waals surface area contributed by atoms with Crippen molar-refractivity contribution in [3.63, 3.8) is 0 Å². The van der Waals surface area contributed by atoms with Crippen LogP contribution in [-0.2, 0) is 28.7 Å². The largest absolute Gasteiger partial charge is 0.444 e. The minimum Gasteiger partial charge on any atom is -0.444 e. The summed E-state index contributed by atoms with van der Waals surface area (Å²) in [7, 11) is 0. The van der Waals surface area contributed by atoms with Gasteiger partial charge in [-0.3, -0.25) is 24.0 Å². The van der Waals surface area contributed by atoms with Crippen LogP contribution in [0.1, 0.15) is 79.0 Å². The Morgan fingerprint density at radius 3 is 1.94 bits per heavy atom. The predicted molar refractivity (Wildman–Crippen MR) is 197 cm³/mol. The molecule has 4 N–H and O–H groups in total. The number of fused-ring (bicyclic) bond motifs is 1. The standard InChI is InChI=1S/C40H53N5O7/c1-10-17-27(32(47)35(49)41-22-28(46)43-30(24-18-13-11-14-19-24)25-20-15-12-16-21-25)42-34(48)31-29-26(40(29,8)9)23-45(31)36(50)33(38(2,3)4)44-37(51)52-39(5,6)7/h10-16,18-21,26-27,29-31,33H,1,17,22-23H2,2-9H3,(H,41,49)(H,42,48)(H,43,46)(H,44,51). The van der Waals surface area contributed by atoms with Crippen LogP contribution in [0.3, 0.4) is 0 Å². The average molecular weight is 716 g/mol. The highest BCUT2D eigenvalue weighted by Gasteiger charge is 2.70. The number of rotatable bonds is 13. The van der Waals surface area contributed by atoms with E-state index in [1.165, 1.54) is 11.0 Å². The number of ether oxygens (including phenoxy) is 1. The lowest BCUT2D eigenvalue weighted by molar-refractivity contribution is -0.145. The molecule has 0 radical (unpaired) electrons. The first kappa shape index (κ1) is 39.8. The summed E-state index contributed by atoms with van der Waals surface area (Å²) < 4.78 is 5.43. The number of carbonyl (C=O) groups excluding carboxylic acids is 6. The molecule has 12 nitrogen and oxygen atoms in total. The zero-order valence-electron chi connectivity index (χ0n) is 31.4. The molecule has 1 aliphatic carbocycles. The van der Waals surface area contributed by atoms with Gasteiger partial charge in [-0.25, -0.2) is 4.79 Å². The molecular weight excluding hydrogens is 662 g/mol. The number of alkyl carbamates (subject to hydrolysis) is 1. The van der Waals surface area contributed by atoms with Crippen LogP contribution in [0, 0.1) is 22.7 Å². The van der Waals surface area contributed by atoms with Crippen molar-refractivity contribution in [3.8, 4) is 0 Å². The van der Waals surface area contributed by atoms with Crippen LogP contribution in [0.25, 0.3) is 0 Å². The second-order valence-corrected chi connectivity index (χ2v) is 16.3. The van der Waals surface area contributed by atoms with Gasteiger partial charge in [0.25, 0.3) is 5.91 Å². The molecule has 0 spiro atoms. The van der Waals surface area contributed by atoms with Crippen LogP contribution in [0.2, 0.25) is 0 Å². The Labute approximate surface area is 306 Å². The topological polar surface area (TPSA) is 163 Å². The molecule has 2 aliphatic rings. The van der Waals surface area contributed by atoms with Crippen LogP contribution < -0.4 is 21.3 Å². The Hall–Kier alpha value is -5.00. The van der Waals surface area contributed by atoms with Gasteiger partial charge >= 0.3 is 6.09 Å². The maximum atomic E-state index is 14.1. The maximum absolute atomic E-state index is 14.1. The normalized spacial score (nSPS) is 20.1. The van der Waals surface area contributed by atoms with Crippen LogP contribution in [0.4, 0.5) is 4.79 Å². The van der Waals surface area contributed by atoms with Gasteiger partial charge in [-0.15, -0.1) is 6.58 Å². The Kier molecular flexibility index (Phi) is 12.0. The van der Waals surface area contributed by atoms with E-state index in [0.29, 0.717) is 6.54 Å². The molecule has 0 aromatic heterocycles. The van der Waals surface area contributed by atoms with Gasteiger partial charge in [0.2, 0.25) is 23.5 Å². The van der Waals surface area contributed by atoms with Crippen LogP contribution >= 0.6 is 0 Å². The molecule has 1 saturated heterocycles. The zero-order valence-corrected chi connectivity index (χ0v) is 31.4. The fourth-order valence-electron chi connectivity index (χ4n) is 6.98. The first-order valence-electron chi connectivity index (χ1n) is 17.7. The van der Waals surface area contributed by atoms with Crippen LogP contribution in [-0.4, -0.2) is 77.2 Å². The fourth-order valence-corrected chi connectivity index (χ4v) is 6.98. The van der Waals surface area contributed by atoms with Gasteiger partial charge in [-0.05, 0) is 61.0 Å². The van der Waals surface area contributed by atoms with Crippen molar-refractivity contribution < 1.29 is 33.5 Å². The van der Waals surface area contributed by atoms with E-state index >= 15 is 0 Å². The summed E-state index contributed by atoms with van der Waals surface area (Å²) in [5.41, 5.74) is -0.0754. The van der Waals surface area contributed by atoms with E-state index < -0.39 is 77.2 Å². The van der Waals surface area contributed by atoms with E-state index in [2.05, 4.69) is 27.8 Å². The van der Waals surface area contributed by atoms with E-state index in [-0.39, 0.29) is 23.7 Å². The highest BCUT2D eigenvalue weighted by molar-refractivity contribution is 6.38. The average Bonchev–Trinajstić information content (AvgIpc) is 3.37. The lowest BCUT2D eigenvalue weighted by atomic mass is 9.85. The van der Waals surface area contributed by atoms with Gasteiger partial charge in [-0.1, -0.05) is 101 Å². The number of benzene rings is 2. The van der Waals surface area contributed by atoms with Gasteiger partial charge in [0.15, 0.2) is 0 Å². The fraction of sp³-hybridized carbons (Fsp3) is 0.500. The molecule has 4 rings (SSSR count). The van der Waals surface area contributed by atoms with Gasteiger partial charge in [0.1, 0.15) is 23.7 Å². The monoisotopic (exact) mass is 715 g/mol. The van der Waals surface area contributed by atoms with E-state index in [0.717, 1.165) is 11.1 Å². The molecule has 1 saturated carbocycles. The first-order chi connectivity index (χ1) is 24.3. The minimum absolute atomic E-state index is 0.0281. The molecule has 2 aromatic rings. The molecule has 1 heterocycles. The molecule has 2 fully saturated rings. The number of nitrogens with one attached hydrogen (secondary N) is 4. The SMILES string of the molecule is C=CCC(NC(=O)C1C2C(CN1C(=O)C(NC(=O)OC(C)(C)C)C(C)(C)C)C2(C)C)C(=O)C(=O)NCC(=O)NC(c1ccccc1)c1ccccc1. The smallest absolute Gasteiger partial charge is 0.408 e. The van der Waals surface area contributed by atoms with Crippen LogP contribution in [0.15, 0.2) is 73.3 Å². The summed E-state index contributed by atoms with van der Waals surface area (Å²) >= 11 is 0. The second kappa shape index (κ2) is 15.7. The molecule has 52 heavy (non-hydrogen) atoms. The number of hydrogen-bond donors (Lipinski definition) is 4. The number of ketones is 1. The van der Waals surface area contributed by atoms with E-state index in [1.807, 2.05) is 95.3 Å². The van der Waals surface area contributed by atoms with Gasteiger partial charge in [-0.2, -0.15) is 0 Å². The number of piperidine rings is 1. The highest BCUT2D eigenvalue weighted by atomic mass is 16.6. The number of likely N-dealkylation sites (tertiary alicyclic amines) is 1. The molecule has 5 unspecified atom stereocenters. The molecule has 5 amide bonds. The molecule has 12 heteroatoms. The summed E-state index contributed by atoms with van der Waals surface area (Å²) in [6.45, 7) is 18.1.